The van der Waals surface area contributed by atoms with Gasteiger partial charge in [0.25, 0.3) is 0 Å². The number of nitrogens with one attached hydrogen (secondary N) is 1. The molecule has 0 unspecified atom stereocenters. The highest BCUT2D eigenvalue weighted by molar-refractivity contribution is 14.0. The van der Waals surface area contributed by atoms with Gasteiger partial charge in [0.1, 0.15) is 0 Å². The van der Waals surface area contributed by atoms with Gasteiger partial charge in [0.2, 0.25) is 0 Å². The lowest BCUT2D eigenvalue weighted by molar-refractivity contribution is 0.0377. The molecule has 1 fully saturated rings. The molecule has 0 saturated carbocycles. The first-order valence-electron chi connectivity index (χ1n) is 7.74. The average molecular weight is 418 g/mol. The van der Waals surface area contributed by atoms with Crippen LogP contribution >= 0.6 is 24.0 Å². The molecular formula is C16H27IN4O. The third-order valence-electron chi connectivity index (χ3n) is 3.63. The van der Waals surface area contributed by atoms with Crippen molar-refractivity contribution in [3.63, 3.8) is 0 Å². The Labute approximate surface area is 150 Å². The van der Waals surface area contributed by atoms with Crippen LogP contribution in [0.4, 0.5) is 5.69 Å². The molecule has 3 N–H and O–H groups in total. The van der Waals surface area contributed by atoms with E-state index in [2.05, 4.69) is 34.3 Å². The summed E-state index contributed by atoms with van der Waals surface area (Å²) in [5.74, 6) is 0.491. The minimum Gasteiger partial charge on any atom is -0.379 e. The first-order valence-corrected chi connectivity index (χ1v) is 7.74. The number of benzene rings is 1. The number of nitrogens with two attached hydrogens (primary N) is 1. The topological polar surface area (TPSA) is 62.9 Å². The van der Waals surface area contributed by atoms with E-state index in [0.29, 0.717) is 5.96 Å². The molecule has 0 atom stereocenters. The SMILES string of the molecule is CCc1cccc(NC(N)=NCCCN2CCOCC2)c1.I. The third kappa shape index (κ3) is 6.93. The number of aryl methyl sites for hydroxylation is 1. The number of morpholine rings is 1. The van der Waals surface area contributed by atoms with E-state index in [9.17, 15) is 0 Å². The number of aliphatic imine (C=N–C) groups is 1. The van der Waals surface area contributed by atoms with Gasteiger partial charge in [-0.3, -0.25) is 9.89 Å². The molecule has 5 nitrogen and oxygen atoms in total. The Bertz CT molecular complexity index is 461. The van der Waals surface area contributed by atoms with Crippen LogP contribution in [0, 0.1) is 0 Å². The van der Waals surface area contributed by atoms with E-state index in [0.717, 1.165) is 57.9 Å². The Morgan fingerprint density at radius 2 is 2.14 bits per heavy atom. The minimum atomic E-state index is 0. The molecule has 1 heterocycles. The van der Waals surface area contributed by atoms with E-state index in [1.54, 1.807) is 0 Å². The van der Waals surface area contributed by atoms with Crippen LogP contribution in [0.15, 0.2) is 29.3 Å². The Morgan fingerprint density at radius 1 is 1.36 bits per heavy atom. The fraction of sp³-hybridized carbons (Fsp3) is 0.562. The normalized spacial score (nSPS) is 16.1. The van der Waals surface area contributed by atoms with E-state index in [1.807, 2.05) is 12.1 Å². The molecule has 0 radical (unpaired) electrons. The summed E-state index contributed by atoms with van der Waals surface area (Å²) in [4.78, 5) is 6.79. The molecule has 1 aliphatic rings. The van der Waals surface area contributed by atoms with Crippen LogP contribution in [0.3, 0.4) is 0 Å². The molecule has 124 valence electrons. The highest BCUT2D eigenvalue weighted by Crippen LogP contribution is 2.10. The molecule has 2 rings (SSSR count). The van der Waals surface area contributed by atoms with Crippen LogP contribution in [0.1, 0.15) is 18.9 Å². The smallest absolute Gasteiger partial charge is 0.193 e. The predicted molar refractivity (Wildman–Crippen MR) is 103 cm³/mol. The molecule has 1 saturated heterocycles. The molecule has 6 heteroatoms. The summed E-state index contributed by atoms with van der Waals surface area (Å²) in [6.45, 7) is 7.71. The first-order chi connectivity index (χ1) is 10.3. The van der Waals surface area contributed by atoms with Crippen molar-refractivity contribution < 1.29 is 4.74 Å². The van der Waals surface area contributed by atoms with Crippen molar-refractivity contribution in [2.75, 3.05) is 44.7 Å². The van der Waals surface area contributed by atoms with Gasteiger partial charge in [-0.15, -0.1) is 24.0 Å². The monoisotopic (exact) mass is 418 g/mol. The zero-order valence-electron chi connectivity index (χ0n) is 13.3. The molecule has 0 bridgehead atoms. The highest BCUT2D eigenvalue weighted by atomic mass is 127. The number of ether oxygens (including phenoxy) is 1. The molecule has 22 heavy (non-hydrogen) atoms. The summed E-state index contributed by atoms with van der Waals surface area (Å²) in [6, 6.07) is 8.26. The molecule has 0 aromatic heterocycles. The van der Waals surface area contributed by atoms with Gasteiger partial charge >= 0.3 is 0 Å². The molecule has 0 amide bonds. The van der Waals surface area contributed by atoms with Gasteiger partial charge in [-0.25, -0.2) is 0 Å². The van der Waals surface area contributed by atoms with E-state index in [-0.39, 0.29) is 24.0 Å². The van der Waals surface area contributed by atoms with Gasteiger partial charge in [0, 0.05) is 31.9 Å². The van der Waals surface area contributed by atoms with Gasteiger partial charge in [0.05, 0.1) is 13.2 Å². The van der Waals surface area contributed by atoms with Crippen molar-refractivity contribution in [1.82, 2.24) is 4.90 Å². The summed E-state index contributed by atoms with van der Waals surface area (Å²) >= 11 is 0. The Balaban J connectivity index is 0.00000242. The average Bonchev–Trinajstić information content (AvgIpc) is 2.53. The number of anilines is 1. The molecule has 0 aliphatic carbocycles. The lowest BCUT2D eigenvalue weighted by Crippen LogP contribution is -2.37. The summed E-state index contributed by atoms with van der Waals surface area (Å²) in [6.07, 6.45) is 2.05. The lowest BCUT2D eigenvalue weighted by Gasteiger charge is -2.26. The van der Waals surface area contributed by atoms with Gasteiger partial charge in [0.15, 0.2) is 5.96 Å². The van der Waals surface area contributed by atoms with E-state index in [4.69, 9.17) is 10.5 Å². The Hall–Kier alpha value is -0.860. The largest absolute Gasteiger partial charge is 0.379 e. The van der Waals surface area contributed by atoms with Crippen molar-refractivity contribution in [2.45, 2.75) is 19.8 Å². The molecular weight excluding hydrogens is 391 g/mol. The number of hydrogen-bond donors (Lipinski definition) is 2. The van der Waals surface area contributed by atoms with Crippen LogP contribution in [0.2, 0.25) is 0 Å². The van der Waals surface area contributed by atoms with Crippen molar-refractivity contribution >= 4 is 35.6 Å². The number of guanidine groups is 1. The van der Waals surface area contributed by atoms with E-state index >= 15 is 0 Å². The lowest BCUT2D eigenvalue weighted by atomic mass is 10.1. The van der Waals surface area contributed by atoms with Crippen LogP contribution < -0.4 is 11.1 Å². The van der Waals surface area contributed by atoms with E-state index in [1.165, 1.54) is 5.56 Å². The minimum absolute atomic E-state index is 0. The van der Waals surface area contributed by atoms with Crippen molar-refractivity contribution in [3.8, 4) is 0 Å². The zero-order valence-corrected chi connectivity index (χ0v) is 15.6. The molecule has 1 aromatic rings. The van der Waals surface area contributed by atoms with Crippen LogP contribution in [-0.4, -0.2) is 50.3 Å². The summed E-state index contributed by atoms with van der Waals surface area (Å²) in [5.41, 5.74) is 8.22. The first kappa shape index (κ1) is 19.2. The summed E-state index contributed by atoms with van der Waals surface area (Å²) < 4.78 is 5.33. The van der Waals surface area contributed by atoms with E-state index < -0.39 is 0 Å². The van der Waals surface area contributed by atoms with Gasteiger partial charge < -0.3 is 15.8 Å². The maximum Gasteiger partial charge on any atom is 0.193 e. The summed E-state index contributed by atoms with van der Waals surface area (Å²) in [5, 5.41) is 3.15. The Kier molecular flexibility index (Phi) is 9.42. The molecule has 0 spiro atoms. The van der Waals surface area contributed by atoms with Crippen molar-refractivity contribution in [3.05, 3.63) is 29.8 Å². The molecule has 1 aliphatic heterocycles. The summed E-state index contributed by atoms with van der Waals surface area (Å²) in [7, 11) is 0. The predicted octanol–water partition coefficient (Wildman–Crippen LogP) is 2.32. The van der Waals surface area contributed by atoms with Crippen molar-refractivity contribution in [2.24, 2.45) is 10.7 Å². The van der Waals surface area contributed by atoms with Crippen LogP contribution in [0.5, 0.6) is 0 Å². The standard InChI is InChI=1S/C16H26N4O.HI/c1-2-14-5-3-6-15(13-14)19-16(17)18-7-4-8-20-9-11-21-12-10-20;/h3,5-6,13H,2,4,7-12H2,1H3,(H3,17,18,19);1H. The molecule has 1 aromatic carbocycles. The highest BCUT2D eigenvalue weighted by Gasteiger charge is 2.08. The van der Waals surface area contributed by atoms with Gasteiger partial charge in [-0.2, -0.15) is 0 Å². The van der Waals surface area contributed by atoms with Gasteiger partial charge in [-0.1, -0.05) is 19.1 Å². The zero-order chi connectivity index (χ0) is 14.9. The van der Waals surface area contributed by atoms with Gasteiger partial charge in [-0.05, 0) is 30.5 Å². The second-order valence-electron chi connectivity index (χ2n) is 5.25. The number of halogens is 1. The second kappa shape index (κ2) is 10.8. The maximum atomic E-state index is 5.92. The van der Waals surface area contributed by atoms with Crippen molar-refractivity contribution in [1.29, 1.82) is 0 Å². The third-order valence-corrected chi connectivity index (χ3v) is 3.63. The second-order valence-corrected chi connectivity index (χ2v) is 5.25. The quantitative estimate of drug-likeness (QED) is 0.322. The number of rotatable bonds is 6. The maximum absolute atomic E-state index is 5.92. The number of hydrogen-bond acceptors (Lipinski definition) is 3. The van der Waals surface area contributed by atoms with Crippen LogP contribution in [-0.2, 0) is 11.2 Å². The fourth-order valence-electron chi connectivity index (χ4n) is 2.38. The fourth-order valence-corrected chi connectivity index (χ4v) is 2.38. The number of nitrogens with zero attached hydrogens (tertiary/aromatic N) is 2. The Morgan fingerprint density at radius 3 is 2.86 bits per heavy atom. The van der Waals surface area contributed by atoms with Crippen LogP contribution in [0.25, 0.3) is 0 Å².